The number of ketones is 1. The predicted octanol–water partition coefficient (Wildman–Crippen LogP) is 3.02. The zero-order chi connectivity index (χ0) is 10.3. The molecule has 0 spiro atoms. The Kier molecular flexibility index (Phi) is 1.62. The van der Waals surface area contributed by atoms with Crippen LogP contribution in [-0.4, -0.2) is 5.78 Å². The highest BCUT2D eigenvalue weighted by atomic mass is 16.6. The average molecular weight is 196 g/mol. The van der Waals surface area contributed by atoms with Crippen LogP contribution >= 0.6 is 0 Å². The van der Waals surface area contributed by atoms with Gasteiger partial charge in [0.05, 0.1) is 5.56 Å². The Morgan fingerprint density at radius 2 is 1.73 bits per heavy atom. The highest BCUT2D eigenvalue weighted by Crippen LogP contribution is 2.48. The van der Waals surface area contributed by atoms with Gasteiger partial charge in [0, 0.05) is 5.56 Å². The van der Waals surface area contributed by atoms with Crippen molar-refractivity contribution in [3.63, 3.8) is 0 Å². The maximum absolute atomic E-state index is 12.0. The summed E-state index contributed by atoms with van der Waals surface area (Å²) >= 11 is 0. The van der Waals surface area contributed by atoms with Crippen LogP contribution in [0.15, 0.2) is 48.5 Å². The molecule has 1 aliphatic heterocycles. The number of hydrogen-bond acceptors (Lipinski definition) is 2. The van der Waals surface area contributed by atoms with Gasteiger partial charge < -0.3 is 4.74 Å². The molecule has 0 bridgehead atoms. The van der Waals surface area contributed by atoms with E-state index >= 15 is 0 Å². The van der Waals surface area contributed by atoms with Crippen LogP contribution in [0.25, 0.3) is 0 Å². The fourth-order valence-corrected chi connectivity index (χ4v) is 1.61. The number of para-hydroxylation sites is 1. The summed E-state index contributed by atoms with van der Waals surface area (Å²) in [6, 6.07) is 14.7. The van der Waals surface area contributed by atoms with E-state index in [1.165, 1.54) is 0 Å². The first-order chi connectivity index (χ1) is 7.36. The largest absolute Gasteiger partial charge is 0.449 e. The number of hydrogen-bond donors (Lipinski definition) is 0. The Morgan fingerprint density at radius 3 is 2.53 bits per heavy atom. The van der Waals surface area contributed by atoms with Gasteiger partial charge in [0.2, 0.25) is 0 Å². The minimum atomic E-state index is 0.0185. The van der Waals surface area contributed by atoms with Gasteiger partial charge >= 0.3 is 0 Å². The van der Waals surface area contributed by atoms with Crippen LogP contribution in [0.4, 0.5) is 0 Å². The van der Waals surface area contributed by atoms with Crippen LogP contribution < -0.4 is 4.74 Å². The lowest BCUT2D eigenvalue weighted by Crippen LogP contribution is -1.98. The number of ether oxygens (including phenoxy) is 1. The molecule has 0 saturated carbocycles. The lowest BCUT2D eigenvalue weighted by Gasteiger charge is -1.97. The molecule has 0 aromatic heterocycles. The summed E-state index contributed by atoms with van der Waals surface area (Å²) in [5.41, 5.74) is 1.35. The molecule has 15 heavy (non-hydrogen) atoms. The van der Waals surface area contributed by atoms with Crippen LogP contribution in [0.3, 0.4) is 0 Å². The molecule has 2 aromatic rings. The van der Waals surface area contributed by atoms with Gasteiger partial charge in [-0.25, -0.2) is 0 Å². The summed E-state index contributed by atoms with van der Waals surface area (Å²) in [6.45, 7) is 0. The molecule has 0 saturated heterocycles. The fourth-order valence-electron chi connectivity index (χ4n) is 1.61. The first-order valence-corrected chi connectivity index (χ1v) is 4.77. The Labute approximate surface area is 87.1 Å². The topological polar surface area (TPSA) is 29.6 Å². The second kappa shape index (κ2) is 2.95. The third-order valence-electron chi connectivity index (χ3n) is 2.43. The number of benzene rings is 2. The second-order valence-corrected chi connectivity index (χ2v) is 3.43. The third kappa shape index (κ3) is 1.31. The van der Waals surface area contributed by atoms with Crippen molar-refractivity contribution in [1.82, 2.24) is 0 Å². The molecule has 2 aromatic carbocycles. The van der Waals surface area contributed by atoms with Crippen molar-refractivity contribution >= 4 is 5.78 Å². The summed E-state index contributed by atoms with van der Waals surface area (Å²) in [5.74, 6) is 1.56. The molecule has 3 rings (SSSR count). The van der Waals surface area contributed by atoms with E-state index < -0.39 is 0 Å². The van der Waals surface area contributed by atoms with Crippen molar-refractivity contribution in [2.24, 2.45) is 0 Å². The van der Waals surface area contributed by atoms with E-state index in [9.17, 15) is 4.79 Å². The van der Waals surface area contributed by atoms with Crippen LogP contribution in [0.2, 0.25) is 0 Å². The van der Waals surface area contributed by atoms with Gasteiger partial charge in [-0.3, -0.25) is 4.79 Å². The highest BCUT2D eigenvalue weighted by molar-refractivity contribution is 6.12. The number of carbonyl (C=O) groups excluding carboxylic acids is 1. The molecule has 2 nitrogen and oxygen atoms in total. The van der Waals surface area contributed by atoms with E-state index in [0.29, 0.717) is 11.1 Å². The lowest BCUT2D eigenvalue weighted by molar-refractivity contribution is 0.103. The number of rotatable bonds is 2. The third-order valence-corrected chi connectivity index (χ3v) is 2.43. The second-order valence-electron chi connectivity index (χ2n) is 3.43. The van der Waals surface area contributed by atoms with Crippen molar-refractivity contribution < 1.29 is 9.53 Å². The number of carbonyl (C=O) groups is 1. The highest BCUT2D eigenvalue weighted by Gasteiger charge is 2.27. The summed E-state index contributed by atoms with van der Waals surface area (Å²) in [7, 11) is 0. The SMILES string of the molecule is O=C(c1ccccc1)c1cccc2c1O2. The molecule has 72 valence electrons. The molecule has 0 unspecified atom stereocenters. The molecule has 0 fully saturated rings. The summed E-state index contributed by atoms with van der Waals surface area (Å²) < 4.78 is 5.19. The van der Waals surface area contributed by atoms with Crippen molar-refractivity contribution in [1.29, 1.82) is 0 Å². The van der Waals surface area contributed by atoms with Crippen LogP contribution in [0.5, 0.6) is 11.5 Å². The summed E-state index contributed by atoms with van der Waals surface area (Å²) in [6.07, 6.45) is 0. The summed E-state index contributed by atoms with van der Waals surface area (Å²) in [4.78, 5) is 12.0. The monoisotopic (exact) mass is 196 g/mol. The zero-order valence-corrected chi connectivity index (χ0v) is 7.94. The first kappa shape index (κ1) is 8.24. The average Bonchev–Trinajstić information content (AvgIpc) is 3.08. The Balaban J connectivity index is 2.04. The molecular weight excluding hydrogens is 188 g/mol. The van der Waals surface area contributed by atoms with E-state index in [1.807, 2.05) is 42.5 Å². The Bertz CT molecular complexity index is 529. The summed E-state index contributed by atoms with van der Waals surface area (Å²) in [5, 5.41) is 0. The van der Waals surface area contributed by atoms with Gasteiger partial charge in [-0.05, 0) is 12.1 Å². The van der Waals surface area contributed by atoms with E-state index in [1.54, 1.807) is 6.07 Å². The minimum absolute atomic E-state index is 0.0185. The van der Waals surface area contributed by atoms with Crippen molar-refractivity contribution in [2.75, 3.05) is 0 Å². The smallest absolute Gasteiger partial charge is 0.196 e. The van der Waals surface area contributed by atoms with Gasteiger partial charge in [-0.2, -0.15) is 0 Å². The van der Waals surface area contributed by atoms with Gasteiger partial charge in [-0.15, -0.1) is 0 Å². The van der Waals surface area contributed by atoms with Gasteiger partial charge in [0.15, 0.2) is 17.3 Å². The van der Waals surface area contributed by atoms with Gasteiger partial charge in [0.1, 0.15) is 0 Å². The molecule has 0 amide bonds. The molecule has 1 heterocycles. The molecule has 0 radical (unpaired) electrons. The van der Waals surface area contributed by atoms with E-state index in [-0.39, 0.29) is 5.78 Å². The molecule has 0 atom stereocenters. The maximum atomic E-state index is 12.0. The van der Waals surface area contributed by atoms with Crippen molar-refractivity contribution in [3.05, 3.63) is 59.7 Å². The standard InChI is InChI=1S/C13H8O2/c14-12(9-5-2-1-3-6-9)10-7-4-8-11-13(10)15-11/h1-8H. The first-order valence-electron chi connectivity index (χ1n) is 4.77. The molecule has 1 aliphatic rings. The van der Waals surface area contributed by atoms with E-state index in [0.717, 1.165) is 11.5 Å². The maximum Gasteiger partial charge on any atom is 0.196 e. The normalized spacial score (nSPS) is 11.5. The number of fused-ring (bicyclic) bond motifs is 1. The van der Waals surface area contributed by atoms with Crippen LogP contribution in [0, 0.1) is 0 Å². The van der Waals surface area contributed by atoms with Crippen LogP contribution in [0.1, 0.15) is 15.9 Å². The Hall–Kier alpha value is -2.09. The molecule has 0 N–H and O–H groups in total. The van der Waals surface area contributed by atoms with E-state index in [2.05, 4.69) is 0 Å². The zero-order valence-electron chi connectivity index (χ0n) is 7.94. The molecular formula is C13H8O2. The van der Waals surface area contributed by atoms with Crippen molar-refractivity contribution in [3.8, 4) is 11.5 Å². The van der Waals surface area contributed by atoms with Gasteiger partial charge in [-0.1, -0.05) is 36.4 Å². The predicted molar refractivity (Wildman–Crippen MR) is 56.4 cm³/mol. The molecule has 2 heteroatoms. The Morgan fingerprint density at radius 1 is 0.933 bits per heavy atom. The van der Waals surface area contributed by atoms with Crippen molar-refractivity contribution in [2.45, 2.75) is 0 Å². The van der Waals surface area contributed by atoms with Crippen LogP contribution in [-0.2, 0) is 0 Å². The van der Waals surface area contributed by atoms with E-state index in [4.69, 9.17) is 4.74 Å². The quantitative estimate of drug-likeness (QED) is 0.465. The fraction of sp³-hybridized carbons (Fsp3) is 0. The minimum Gasteiger partial charge on any atom is -0.449 e. The molecule has 0 aliphatic carbocycles. The lowest BCUT2D eigenvalue weighted by atomic mass is 10.0. The van der Waals surface area contributed by atoms with Gasteiger partial charge in [0.25, 0.3) is 0 Å².